The van der Waals surface area contributed by atoms with Crippen LogP contribution in [-0.4, -0.2) is 55.1 Å². The highest BCUT2D eigenvalue weighted by Crippen LogP contribution is 2.10. The Morgan fingerprint density at radius 3 is 2.75 bits per heavy atom. The molecule has 0 saturated carbocycles. The molecular formula is C12H25N3O. The van der Waals surface area contributed by atoms with Crippen molar-refractivity contribution in [3.8, 4) is 0 Å². The number of piperazine rings is 1. The SMILES string of the molecule is CCCCNC(=O)N1CCN(C)C(CC)C1. The maximum Gasteiger partial charge on any atom is 0.317 e. The lowest BCUT2D eigenvalue weighted by Gasteiger charge is -2.39. The predicted molar refractivity (Wildman–Crippen MR) is 66.6 cm³/mol. The maximum absolute atomic E-state index is 11.8. The van der Waals surface area contributed by atoms with Gasteiger partial charge >= 0.3 is 6.03 Å². The largest absolute Gasteiger partial charge is 0.338 e. The third-order valence-corrected chi connectivity index (χ3v) is 3.34. The van der Waals surface area contributed by atoms with E-state index in [2.05, 4.69) is 31.1 Å². The van der Waals surface area contributed by atoms with E-state index >= 15 is 0 Å². The van der Waals surface area contributed by atoms with E-state index in [-0.39, 0.29) is 6.03 Å². The van der Waals surface area contributed by atoms with Gasteiger partial charge in [-0.3, -0.25) is 4.90 Å². The van der Waals surface area contributed by atoms with Crippen LogP contribution in [0.4, 0.5) is 4.79 Å². The zero-order valence-corrected chi connectivity index (χ0v) is 10.8. The van der Waals surface area contributed by atoms with E-state index in [0.717, 1.165) is 45.4 Å². The molecule has 2 amide bonds. The molecule has 1 unspecified atom stereocenters. The molecule has 1 rings (SSSR count). The van der Waals surface area contributed by atoms with Crippen molar-refractivity contribution in [2.75, 3.05) is 33.2 Å². The molecule has 1 heterocycles. The number of likely N-dealkylation sites (N-methyl/N-ethyl adjacent to an activating group) is 1. The van der Waals surface area contributed by atoms with E-state index in [0.29, 0.717) is 6.04 Å². The van der Waals surface area contributed by atoms with Gasteiger partial charge in [-0.15, -0.1) is 0 Å². The normalized spacial score (nSPS) is 22.2. The molecule has 94 valence electrons. The lowest BCUT2D eigenvalue weighted by molar-refractivity contribution is 0.108. The highest BCUT2D eigenvalue weighted by molar-refractivity contribution is 5.74. The molecule has 0 bridgehead atoms. The highest BCUT2D eigenvalue weighted by Gasteiger charge is 2.25. The van der Waals surface area contributed by atoms with Gasteiger partial charge in [-0.05, 0) is 19.9 Å². The molecule has 1 saturated heterocycles. The Morgan fingerprint density at radius 1 is 1.38 bits per heavy atom. The average molecular weight is 227 g/mol. The third-order valence-electron chi connectivity index (χ3n) is 3.34. The number of urea groups is 1. The lowest BCUT2D eigenvalue weighted by atomic mass is 10.1. The van der Waals surface area contributed by atoms with Crippen molar-refractivity contribution in [1.82, 2.24) is 15.1 Å². The molecule has 1 atom stereocenters. The molecule has 1 N–H and O–H groups in total. The van der Waals surface area contributed by atoms with Gasteiger partial charge in [-0.2, -0.15) is 0 Å². The van der Waals surface area contributed by atoms with Gasteiger partial charge in [-0.1, -0.05) is 20.3 Å². The number of carbonyl (C=O) groups is 1. The molecule has 0 aliphatic carbocycles. The van der Waals surface area contributed by atoms with Crippen LogP contribution in [0.5, 0.6) is 0 Å². The van der Waals surface area contributed by atoms with Crippen molar-refractivity contribution >= 4 is 6.03 Å². The Labute approximate surface area is 99.0 Å². The van der Waals surface area contributed by atoms with E-state index in [4.69, 9.17) is 0 Å². The first kappa shape index (κ1) is 13.3. The highest BCUT2D eigenvalue weighted by atomic mass is 16.2. The topological polar surface area (TPSA) is 35.6 Å². The summed E-state index contributed by atoms with van der Waals surface area (Å²) in [4.78, 5) is 16.1. The number of carbonyl (C=O) groups excluding carboxylic acids is 1. The number of hydrogen-bond acceptors (Lipinski definition) is 2. The minimum Gasteiger partial charge on any atom is -0.338 e. The van der Waals surface area contributed by atoms with Crippen LogP contribution in [0.25, 0.3) is 0 Å². The standard InChI is InChI=1S/C12H25N3O/c1-4-6-7-13-12(16)15-9-8-14(3)11(5-2)10-15/h11H,4-10H2,1-3H3,(H,13,16). The van der Waals surface area contributed by atoms with Gasteiger partial charge in [0.05, 0.1) is 0 Å². The van der Waals surface area contributed by atoms with E-state index in [1.165, 1.54) is 0 Å². The fourth-order valence-electron chi connectivity index (χ4n) is 2.06. The summed E-state index contributed by atoms with van der Waals surface area (Å²) < 4.78 is 0. The summed E-state index contributed by atoms with van der Waals surface area (Å²) in [5, 5.41) is 2.98. The molecule has 0 aromatic carbocycles. The minimum atomic E-state index is 0.111. The lowest BCUT2D eigenvalue weighted by Crippen LogP contribution is -2.55. The van der Waals surface area contributed by atoms with Crippen LogP contribution < -0.4 is 5.32 Å². The number of rotatable bonds is 4. The molecule has 4 heteroatoms. The van der Waals surface area contributed by atoms with Crippen molar-refractivity contribution < 1.29 is 4.79 Å². The van der Waals surface area contributed by atoms with Crippen molar-refractivity contribution in [3.05, 3.63) is 0 Å². The summed E-state index contributed by atoms with van der Waals surface area (Å²) >= 11 is 0. The van der Waals surface area contributed by atoms with E-state index in [1.807, 2.05) is 4.90 Å². The van der Waals surface area contributed by atoms with Crippen molar-refractivity contribution in [2.45, 2.75) is 39.2 Å². The first-order valence-corrected chi connectivity index (χ1v) is 6.42. The summed E-state index contributed by atoms with van der Waals surface area (Å²) in [7, 11) is 2.14. The van der Waals surface area contributed by atoms with E-state index in [9.17, 15) is 4.79 Å². The molecule has 1 fully saturated rings. The predicted octanol–water partition coefficient (Wildman–Crippen LogP) is 1.52. The Bertz CT molecular complexity index is 220. The molecule has 0 aromatic rings. The molecule has 0 spiro atoms. The minimum absolute atomic E-state index is 0.111. The summed E-state index contributed by atoms with van der Waals surface area (Å²) in [6, 6.07) is 0.630. The maximum atomic E-state index is 11.8. The summed E-state index contributed by atoms with van der Waals surface area (Å²) in [5.74, 6) is 0. The smallest absolute Gasteiger partial charge is 0.317 e. The van der Waals surface area contributed by atoms with Crippen LogP contribution >= 0.6 is 0 Å². The van der Waals surface area contributed by atoms with Gasteiger partial charge in [-0.25, -0.2) is 4.79 Å². The molecule has 16 heavy (non-hydrogen) atoms. The average Bonchev–Trinajstić information content (AvgIpc) is 2.30. The van der Waals surface area contributed by atoms with Gasteiger partial charge in [0.2, 0.25) is 0 Å². The Hall–Kier alpha value is -0.770. The zero-order chi connectivity index (χ0) is 12.0. The summed E-state index contributed by atoms with van der Waals surface area (Å²) in [6.45, 7) is 7.82. The first-order chi connectivity index (χ1) is 7.69. The van der Waals surface area contributed by atoms with Crippen LogP contribution in [0.15, 0.2) is 0 Å². The Morgan fingerprint density at radius 2 is 2.12 bits per heavy atom. The van der Waals surface area contributed by atoms with Gasteiger partial charge in [0.25, 0.3) is 0 Å². The second-order valence-corrected chi connectivity index (χ2v) is 4.57. The van der Waals surface area contributed by atoms with Crippen LogP contribution in [0.1, 0.15) is 33.1 Å². The number of amides is 2. The van der Waals surface area contributed by atoms with E-state index < -0.39 is 0 Å². The van der Waals surface area contributed by atoms with Crippen molar-refractivity contribution in [3.63, 3.8) is 0 Å². The summed E-state index contributed by atoms with van der Waals surface area (Å²) in [5.41, 5.74) is 0. The number of unbranched alkanes of at least 4 members (excludes halogenated alkanes) is 1. The molecule has 1 aliphatic heterocycles. The first-order valence-electron chi connectivity index (χ1n) is 6.42. The third kappa shape index (κ3) is 3.67. The molecule has 1 aliphatic rings. The van der Waals surface area contributed by atoms with Gasteiger partial charge in [0, 0.05) is 32.2 Å². The number of nitrogens with zero attached hydrogens (tertiary/aromatic N) is 2. The monoisotopic (exact) mass is 227 g/mol. The molecule has 0 radical (unpaired) electrons. The number of nitrogens with one attached hydrogen (secondary N) is 1. The van der Waals surface area contributed by atoms with Gasteiger partial charge in [0.1, 0.15) is 0 Å². The van der Waals surface area contributed by atoms with Gasteiger partial charge in [0.15, 0.2) is 0 Å². The molecule has 0 aromatic heterocycles. The second kappa shape index (κ2) is 6.74. The summed E-state index contributed by atoms with van der Waals surface area (Å²) in [6.07, 6.45) is 3.30. The molecular weight excluding hydrogens is 202 g/mol. The van der Waals surface area contributed by atoms with Crippen molar-refractivity contribution in [1.29, 1.82) is 0 Å². The fourth-order valence-corrected chi connectivity index (χ4v) is 2.06. The van der Waals surface area contributed by atoms with Crippen LogP contribution in [0, 0.1) is 0 Å². The van der Waals surface area contributed by atoms with Crippen LogP contribution in [0.3, 0.4) is 0 Å². The number of hydrogen-bond donors (Lipinski definition) is 1. The second-order valence-electron chi connectivity index (χ2n) is 4.57. The fraction of sp³-hybridized carbons (Fsp3) is 0.917. The van der Waals surface area contributed by atoms with Crippen LogP contribution in [-0.2, 0) is 0 Å². The Balaban J connectivity index is 2.33. The molecule has 4 nitrogen and oxygen atoms in total. The van der Waals surface area contributed by atoms with E-state index in [1.54, 1.807) is 0 Å². The van der Waals surface area contributed by atoms with Crippen molar-refractivity contribution in [2.24, 2.45) is 0 Å². The van der Waals surface area contributed by atoms with Crippen LogP contribution in [0.2, 0.25) is 0 Å². The quantitative estimate of drug-likeness (QED) is 0.739. The zero-order valence-electron chi connectivity index (χ0n) is 10.8. The Kier molecular flexibility index (Phi) is 5.60. The van der Waals surface area contributed by atoms with Gasteiger partial charge < -0.3 is 10.2 Å².